The second-order valence-corrected chi connectivity index (χ2v) is 6.01. The first-order valence-corrected chi connectivity index (χ1v) is 6.86. The Hall–Kier alpha value is -1.06. The predicted octanol–water partition coefficient (Wildman–Crippen LogP) is 1.81. The van der Waals surface area contributed by atoms with Gasteiger partial charge in [-0.05, 0) is 31.0 Å². The number of hydrogen-bond acceptors (Lipinski definition) is 3. The molecule has 0 bridgehead atoms. The summed E-state index contributed by atoms with van der Waals surface area (Å²) in [4.78, 5) is 2.50. The Labute approximate surface area is 109 Å². The van der Waals surface area contributed by atoms with Crippen molar-refractivity contribution in [2.45, 2.75) is 32.4 Å². The SMILES string of the molecule is CC1(C)Cc2ccc(CN3CCNCC3)cc2O1. The molecule has 0 unspecified atom stereocenters. The average molecular weight is 246 g/mol. The highest BCUT2D eigenvalue weighted by atomic mass is 16.5. The quantitative estimate of drug-likeness (QED) is 0.861. The molecule has 1 aromatic rings. The number of benzene rings is 1. The molecule has 3 heteroatoms. The fourth-order valence-corrected chi connectivity index (χ4v) is 2.86. The molecule has 0 aromatic heterocycles. The fraction of sp³-hybridized carbons (Fsp3) is 0.600. The summed E-state index contributed by atoms with van der Waals surface area (Å²) in [5, 5.41) is 3.39. The van der Waals surface area contributed by atoms with Crippen molar-refractivity contribution in [3.8, 4) is 5.75 Å². The fourth-order valence-electron chi connectivity index (χ4n) is 2.86. The van der Waals surface area contributed by atoms with Crippen LogP contribution in [0.4, 0.5) is 0 Å². The van der Waals surface area contributed by atoms with Gasteiger partial charge < -0.3 is 10.1 Å². The molecule has 0 spiro atoms. The summed E-state index contributed by atoms with van der Waals surface area (Å²) < 4.78 is 5.99. The maximum absolute atomic E-state index is 5.99. The van der Waals surface area contributed by atoms with Gasteiger partial charge in [-0.3, -0.25) is 4.90 Å². The van der Waals surface area contributed by atoms with Gasteiger partial charge in [-0.25, -0.2) is 0 Å². The van der Waals surface area contributed by atoms with Crippen LogP contribution in [0, 0.1) is 0 Å². The van der Waals surface area contributed by atoms with E-state index in [1.807, 2.05) is 0 Å². The molecule has 1 saturated heterocycles. The van der Waals surface area contributed by atoms with Gasteiger partial charge in [0, 0.05) is 39.1 Å². The van der Waals surface area contributed by atoms with Gasteiger partial charge in [-0.1, -0.05) is 12.1 Å². The summed E-state index contributed by atoms with van der Waals surface area (Å²) in [5.74, 6) is 1.09. The molecule has 98 valence electrons. The lowest BCUT2D eigenvalue weighted by molar-refractivity contribution is 0.138. The van der Waals surface area contributed by atoms with Gasteiger partial charge in [0.1, 0.15) is 11.4 Å². The summed E-state index contributed by atoms with van der Waals surface area (Å²) in [6, 6.07) is 6.72. The molecule has 1 fully saturated rings. The first-order valence-electron chi connectivity index (χ1n) is 6.86. The van der Waals surface area contributed by atoms with E-state index in [2.05, 4.69) is 42.3 Å². The monoisotopic (exact) mass is 246 g/mol. The minimum absolute atomic E-state index is 0.0317. The highest BCUT2D eigenvalue weighted by molar-refractivity contribution is 5.42. The Morgan fingerprint density at radius 1 is 1.28 bits per heavy atom. The number of hydrogen-bond donors (Lipinski definition) is 1. The van der Waals surface area contributed by atoms with Crippen molar-refractivity contribution in [3.63, 3.8) is 0 Å². The third-order valence-electron chi connectivity index (χ3n) is 3.75. The zero-order valence-corrected chi connectivity index (χ0v) is 11.3. The molecule has 1 aromatic carbocycles. The number of nitrogens with one attached hydrogen (secondary N) is 1. The lowest BCUT2D eigenvalue weighted by Crippen LogP contribution is -2.42. The highest BCUT2D eigenvalue weighted by Gasteiger charge is 2.29. The van der Waals surface area contributed by atoms with Crippen LogP contribution in [-0.4, -0.2) is 36.7 Å². The Morgan fingerprint density at radius 3 is 2.83 bits per heavy atom. The lowest BCUT2D eigenvalue weighted by Gasteiger charge is -2.27. The zero-order valence-electron chi connectivity index (χ0n) is 11.3. The van der Waals surface area contributed by atoms with Crippen LogP contribution in [0.15, 0.2) is 18.2 Å². The van der Waals surface area contributed by atoms with E-state index in [0.717, 1.165) is 44.9 Å². The number of rotatable bonds is 2. The second-order valence-electron chi connectivity index (χ2n) is 6.01. The topological polar surface area (TPSA) is 24.5 Å². The number of ether oxygens (including phenoxy) is 1. The van der Waals surface area contributed by atoms with Crippen molar-refractivity contribution in [2.24, 2.45) is 0 Å². The van der Waals surface area contributed by atoms with Gasteiger partial charge in [0.25, 0.3) is 0 Å². The van der Waals surface area contributed by atoms with E-state index in [1.165, 1.54) is 11.1 Å². The van der Waals surface area contributed by atoms with Crippen LogP contribution in [0.25, 0.3) is 0 Å². The Morgan fingerprint density at radius 2 is 2.06 bits per heavy atom. The van der Waals surface area contributed by atoms with Gasteiger partial charge in [0.05, 0.1) is 0 Å². The molecule has 0 saturated carbocycles. The summed E-state index contributed by atoms with van der Waals surface area (Å²) in [6.45, 7) is 9.85. The molecule has 3 nitrogen and oxygen atoms in total. The third kappa shape index (κ3) is 2.52. The van der Waals surface area contributed by atoms with E-state index < -0.39 is 0 Å². The van der Waals surface area contributed by atoms with Crippen molar-refractivity contribution in [1.29, 1.82) is 0 Å². The van der Waals surface area contributed by atoms with Gasteiger partial charge in [0.2, 0.25) is 0 Å². The smallest absolute Gasteiger partial charge is 0.123 e. The molecule has 0 radical (unpaired) electrons. The van der Waals surface area contributed by atoms with Crippen LogP contribution in [-0.2, 0) is 13.0 Å². The van der Waals surface area contributed by atoms with E-state index in [0.29, 0.717) is 0 Å². The molecule has 2 aliphatic rings. The molecule has 0 aliphatic carbocycles. The van der Waals surface area contributed by atoms with E-state index in [4.69, 9.17) is 4.74 Å². The Balaban J connectivity index is 1.71. The molecule has 1 N–H and O–H groups in total. The molecular weight excluding hydrogens is 224 g/mol. The van der Waals surface area contributed by atoms with Gasteiger partial charge in [-0.2, -0.15) is 0 Å². The number of piperazine rings is 1. The zero-order chi connectivity index (χ0) is 12.6. The van der Waals surface area contributed by atoms with Crippen molar-refractivity contribution in [3.05, 3.63) is 29.3 Å². The summed E-state index contributed by atoms with van der Waals surface area (Å²) in [7, 11) is 0. The summed E-state index contributed by atoms with van der Waals surface area (Å²) >= 11 is 0. The van der Waals surface area contributed by atoms with Crippen molar-refractivity contribution in [2.75, 3.05) is 26.2 Å². The Bertz CT molecular complexity index is 436. The molecule has 2 heterocycles. The van der Waals surface area contributed by atoms with Gasteiger partial charge >= 0.3 is 0 Å². The van der Waals surface area contributed by atoms with E-state index >= 15 is 0 Å². The highest BCUT2D eigenvalue weighted by Crippen LogP contribution is 2.35. The standard InChI is InChI=1S/C15H22N2O/c1-15(2)10-13-4-3-12(9-14(13)18-15)11-17-7-5-16-6-8-17/h3-4,9,16H,5-8,10-11H2,1-2H3. The van der Waals surface area contributed by atoms with Crippen LogP contribution < -0.4 is 10.1 Å². The molecule has 0 atom stereocenters. The molecule has 3 rings (SSSR count). The maximum atomic E-state index is 5.99. The van der Waals surface area contributed by atoms with Gasteiger partial charge in [-0.15, -0.1) is 0 Å². The van der Waals surface area contributed by atoms with E-state index in [9.17, 15) is 0 Å². The third-order valence-corrected chi connectivity index (χ3v) is 3.75. The minimum Gasteiger partial charge on any atom is -0.487 e. The largest absolute Gasteiger partial charge is 0.487 e. The predicted molar refractivity (Wildman–Crippen MR) is 73.0 cm³/mol. The summed E-state index contributed by atoms with van der Waals surface area (Å²) in [5.41, 5.74) is 2.69. The summed E-state index contributed by atoms with van der Waals surface area (Å²) in [6.07, 6.45) is 1.02. The first kappa shape index (κ1) is 12.0. The van der Waals surface area contributed by atoms with Crippen molar-refractivity contribution in [1.82, 2.24) is 10.2 Å². The van der Waals surface area contributed by atoms with Crippen molar-refractivity contribution < 1.29 is 4.74 Å². The molecular formula is C15H22N2O. The lowest BCUT2D eigenvalue weighted by atomic mass is 10.0. The normalized spacial score (nSPS) is 22.6. The van der Waals surface area contributed by atoms with Crippen LogP contribution in [0.1, 0.15) is 25.0 Å². The first-order chi connectivity index (χ1) is 8.62. The molecule has 18 heavy (non-hydrogen) atoms. The molecule has 0 amide bonds. The van der Waals surface area contributed by atoms with Crippen LogP contribution in [0.2, 0.25) is 0 Å². The van der Waals surface area contributed by atoms with Crippen LogP contribution in [0.3, 0.4) is 0 Å². The molecule has 2 aliphatic heterocycles. The van der Waals surface area contributed by atoms with Gasteiger partial charge in [0.15, 0.2) is 0 Å². The number of nitrogens with zero attached hydrogens (tertiary/aromatic N) is 1. The maximum Gasteiger partial charge on any atom is 0.123 e. The van der Waals surface area contributed by atoms with Crippen LogP contribution in [0.5, 0.6) is 5.75 Å². The average Bonchev–Trinajstić information content (AvgIpc) is 2.63. The Kier molecular flexibility index (Phi) is 3.04. The van der Waals surface area contributed by atoms with E-state index in [-0.39, 0.29) is 5.60 Å². The second kappa shape index (κ2) is 4.56. The van der Waals surface area contributed by atoms with Crippen molar-refractivity contribution >= 4 is 0 Å². The minimum atomic E-state index is -0.0317. The van der Waals surface area contributed by atoms with E-state index in [1.54, 1.807) is 0 Å². The van der Waals surface area contributed by atoms with Crippen LogP contribution >= 0.6 is 0 Å². The number of fused-ring (bicyclic) bond motifs is 1.